The minimum Gasteiger partial charge on any atom is -0.312 e. The van der Waals surface area contributed by atoms with Crippen molar-refractivity contribution in [2.45, 2.75) is 0 Å². The average molecular weight is 256 g/mol. The van der Waals surface area contributed by atoms with Crippen LogP contribution in [0.3, 0.4) is 0 Å². The van der Waals surface area contributed by atoms with E-state index < -0.39 is 0 Å². The Balaban J connectivity index is 0. The van der Waals surface area contributed by atoms with Crippen molar-refractivity contribution in [2.75, 3.05) is 21.1 Å². The van der Waals surface area contributed by atoms with Crippen LogP contribution in [0.5, 0.6) is 0 Å². The van der Waals surface area contributed by atoms with Gasteiger partial charge in [0.2, 0.25) is 0 Å². The molecule has 0 N–H and O–H groups in total. The van der Waals surface area contributed by atoms with Crippen LogP contribution in [0.4, 0.5) is 0 Å². The third kappa shape index (κ3) is 58.0. The van der Waals surface area contributed by atoms with Gasteiger partial charge in [-0.05, 0) is 21.1 Å². The zero-order chi connectivity index (χ0) is 7.86. The summed E-state index contributed by atoms with van der Waals surface area (Å²) in [4.78, 5) is 2.00. The van der Waals surface area contributed by atoms with Crippen LogP contribution in [0.25, 0.3) is 0 Å². The lowest BCUT2D eigenvalue weighted by atomic mass is 10.2. The third-order valence-corrected chi connectivity index (χ3v) is 0.507. The van der Waals surface area contributed by atoms with Crippen LogP contribution >= 0.6 is 31.5 Å². The molecule has 0 aliphatic rings. The van der Waals surface area contributed by atoms with Crippen molar-refractivity contribution >= 4 is 35.9 Å². The molecule has 0 atom stereocenters. The standard InChI is InChI=1S/C3H9N.CBBr2N/c1-4(2)3;3-2(4)1-5/h1-3H3;. The minimum atomic E-state index is -0.185. The Morgan fingerprint density at radius 3 is 1.44 bits per heavy atom. The number of nitriles is 1. The average Bonchev–Trinajstić information content (AvgIpc) is 1.65. The molecule has 0 fully saturated rings. The van der Waals surface area contributed by atoms with Crippen LogP contribution in [0.1, 0.15) is 0 Å². The number of halogens is 2. The molecule has 0 amide bonds. The Morgan fingerprint density at radius 2 is 1.44 bits per heavy atom. The number of nitrogens with zero attached hydrogens (tertiary/aromatic N) is 2. The smallest absolute Gasteiger partial charge is 0.312 e. The van der Waals surface area contributed by atoms with E-state index in [0.717, 1.165) is 0 Å². The maximum Gasteiger partial charge on any atom is 0.413 e. The molecule has 0 aromatic rings. The molecule has 5 heteroatoms. The fourth-order valence-electron chi connectivity index (χ4n) is 0. The van der Waals surface area contributed by atoms with Gasteiger partial charge < -0.3 is 4.90 Å². The first-order chi connectivity index (χ1) is 4.00. The normalized spacial score (nSPS) is 7.22. The predicted molar refractivity (Wildman–Crippen MR) is 48.8 cm³/mol. The number of rotatable bonds is 0. The lowest BCUT2D eigenvalue weighted by molar-refractivity contribution is 0.505. The van der Waals surface area contributed by atoms with Crippen molar-refractivity contribution in [1.82, 2.24) is 4.90 Å². The van der Waals surface area contributed by atoms with E-state index in [1.165, 1.54) is 0 Å². The summed E-state index contributed by atoms with van der Waals surface area (Å²) in [6.07, 6.45) is 0. The van der Waals surface area contributed by atoms with Gasteiger partial charge in [-0.1, -0.05) is 0 Å². The van der Waals surface area contributed by atoms with Crippen LogP contribution in [0.2, 0.25) is 0 Å². The molecular formula is C4H9BBr2N2. The van der Waals surface area contributed by atoms with E-state index >= 15 is 0 Å². The highest BCUT2D eigenvalue weighted by atomic mass is 79.9. The van der Waals surface area contributed by atoms with Crippen molar-refractivity contribution in [3.8, 4) is 5.97 Å². The van der Waals surface area contributed by atoms with Gasteiger partial charge in [0.15, 0.2) is 0 Å². The Labute approximate surface area is 73.2 Å². The first kappa shape index (κ1) is 12.2. The molecule has 0 aliphatic carbocycles. The molecule has 0 aliphatic heterocycles. The fraction of sp³-hybridized carbons (Fsp3) is 0.750. The van der Waals surface area contributed by atoms with Crippen LogP contribution in [0, 0.1) is 11.2 Å². The minimum absolute atomic E-state index is 0.185. The molecule has 52 valence electrons. The molecule has 0 aromatic heterocycles. The lowest BCUT2D eigenvalue weighted by Crippen LogP contribution is -1.99. The number of hydrogen-bond donors (Lipinski definition) is 0. The molecule has 2 nitrogen and oxygen atoms in total. The van der Waals surface area contributed by atoms with E-state index in [-0.39, 0.29) is 4.36 Å². The van der Waals surface area contributed by atoms with Crippen LogP contribution in [-0.4, -0.2) is 30.4 Å². The summed E-state index contributed by atoms with van der Waals surface area (Å²) in [6, 6.07) is 0. The highest BCUT2D eigenvalue weighted by molar-refractivity contribution is 9.49. The van der Waals surface area contributed by atoms with Crippen LogP contribution in [0.15, 0.2) is 0 Å². The Hall–Kier alpha value is 0.475. The van der Waals surface area contributed by atoms with Crippen molar-refractivity contribution in [1.29, 1.82) is 5.26 Å². The second-order valence-corrected chi connectivity index (χ2v) is 4.83. The third-order valence-electron chi connectivity index (χ3n) is 0.0976. The molecule has 0 radical (unpaired) electrons. The topological polar surface area (TPSA) is 27.0 Å². The maximum atomic E-state index is 7.80. The highest BCUT2D eigenvalue weighted by Crippen LogP contribution is 1.97. The summed E-state index contributed by atoms with van der Waals surface area (Å²) in [5.74, 6) is 1.86. The molecule has 0 spiro atoms. The van der Waals surface area contributed by atoms with Gasteiger partial charge in [0.25, 0.3) is 0 Å². The van der Waals surface area contributed by atoms with Gasteiger partial charge in [0.05, 0.1) is 0 Å². The van der Waals surface area contributed by atoms with Crippen molar-refractivity contribution < 1.29 is 0 Å². The molecule has 9 heavy (non-hydrogen) atoms. The summed E-state index contributed by atoms with van der Waals surface area (Å²) >= 11 is 5.86. The molecule has 0 heterocycles. The van der Waals surface area contributed by atoms with Gasteiger partial charge in [-0.2, -0.15) is 0 Å². The van der Waals surface area contributed by atoms with E-state index in [9.17, 15) is 0 Å². The Bertz CT molecular complexity index is 86.3. The van der Waals surface area contributed by atoms with Gasteiger partial charge in [-0.3, -0.25) is 0 Å². The van der Waals surface area contributed by atoms with Gasteiger partial charge >= 0.3 is 4.36 Å². The lowest BCUT2D eigenvalue weighted by Gasteiger charge is -1.90. The fourth-order valence-corrected chi connectivity index (χ4v) is 0. The maximum absolute atomic E-state index is 7.80. The zero-order valence-corrected chi connectivity index (χ0v) is 8.90. The Morgan fingerprint density at radius 1 is 1.33 bits per heavy atom. The van der Waals surface area contributed by atoms with Crippen molar-refractivity contribution in [3.63, 3.8) is 0 Å². The first-order valence-corrected chi connectivity index (χ1v) is 4.12. The van der Waals surface area contributed by atoms with Gasteiger partial charge in [0, 0.05) is 5.97 Å². The van der Waals surface area contributed by atoms with E-state index in [0.29, 0.717) is 0 Å². The predicted octanol–water partition coefficient (Wildman–Crippen LogP) is 1.50. The molecule has 0 aromatic carbocycles. The summed E-state index contributed by atoms with van der Waals surface area (Å²) in [5, 5.41) is 7.80. The summed E-state index contributed by atoms with van der Waals surface area (Å²) in [7, 11) is 6.00. The van der Waals surface area contributed by atoms with Crippen molar-refractivity contribution in [2.24, 2.45) is 0 Å². The molecule has 0 unspecified atom stereocenters. The molecule has 0 saturated heterocycles. The molecule has 0 bridgehead atoms. The summed E-state index contributed by atoms with van der Waals surface area (Å²) < 4.78 is -0.185. The van der Waals surface area contributed by atoms with E-state index in [1.807, 2.05) is 32.0 Å². The SMILES string of the molecule is CN(C)C.N#CB(Br)Br. The van der Waals surface area contributed by atoms with E-state index in [2.05, 4.69) is 31.5 Å². The second kappa shape index (κ2) is 8.47. The van der Waals surface area contributed by atoms with Crippen LogP contribution in [-0.2, 0) is 0 Å². The van der Waals surface area contributed by atoms with Crippen molar-refractivity contribution in [3.05, 3.63) is 0 Å². The van der Waals surface area contributed by atoms with Crippen LogP contribution < -0.4 is 0 Å². The van der Waals surface area contributed by atoms with E-state index in [1.54, 1.807) is 0 Å². The second-order valence-electron chi connectivity index (χ2n) is 1.77. The highest BCUT2D eigenvalue weighted by Gasteiger charge is 1.95. The molecular weight excluding hydrogens is 247 g/mol. The Kier molecular flexibility index (Phi) is 11.5. The monoisotopic (exact) mass is 254 g/mol. The molecule has 0 saturated carbocycles. The first-order valence-electron chi connectivity index (χ1n) is 2.29. The zero-order valence-electron chi connectivity index (χ0n) is 5.73. The summed E-state index contributed by atoms with van der Waals surface area (Å²) in [5.41, 5.74) is 0. The summed E-state index contributed by atoms with van der Waals surface area (Å²) in [6.45, 7) is 0. The number of hydrogen-bond acceptors (Lipinski definition) is 2. The molecule has 0 rings (SSSR count). The van der Waals surface area contributed by atoms with Gasteiger partial charge in [-0.25, -0.2) is 5.26 Å². The van der Waals surface area contributed by atoms with Gasteiger partial charge in [-0.15, -0.1) is 31.5 Å². The van der Waals surface area contributed by atoms with Gasteiger partial charge in [0.1, 0.15) is 0 Å². The largest absolute Gasteiger partial charge is 0.413 e. The quantitative estimate of drug-likeness (QED) is 0.614. The van der Waals surface area contributed by atoms with E-state index in [4.69, 9.17) is 5.26 Å².